The van der Waals surface area contributed by atoms with Crippen molar-refractivity contribution in [1.82, 2.24) is 5.32 Å². The maximum atomic E-state index is 6.02. The highest BCUT2D eigenvalue weighted by Crippen LogP contribution is 2.50. The Bertz CT molecular complexity index is 467. The van der Waals surface area contributed by atoms with Crippen LogP contribution in [0.1, 0.15) is 37.7 Å². The normalized spacial score (nSPS) is 26.0. The standard InChI is InChI=1S/C17H22ClN/c1-19-11-10-16-12-2-4-13(5-3-12)17(16)14-6-8-15(18)9-7-14/h6-9,12-13,19H,2-5,10-11H2,1H3. The van der Waals surface area contributed by atoms with E-state index in [1.165, 1.54) is 37.7 Å². The minimum absolute atomic E-state index is 0.790. The molecule has 2 bridgehead atoms. The molecule has 0 spiro atoms. The summed E-state index contributed by atoms with van der Waals surface area (Å²) in [6.07, 6.45) is 6.77. The molecule has 19 heavy (non-hydrogen) atoms. The fourth-order valence-electron chi connectivity index (χ4n) is 3.86. The van der Waals surface area contributed by atoms with Crippen LogP contribution >= 0.6 is 11.6 Å². The Morgan fingerprint density at radius 3 is 2.32 bits per heavy atom. The van der Waals surface area contributed by atoms with Gasteiger partial charge >= 0.3 is 0 Å². The van der Waals surface area contributed by atoms with Gasteiger partial charge in [-0.25, -0.2) is 0 Å². The van der Waals surface area contributed by atoms with E-state index in [0.717, 1.165) is 23.4 Å². The molecule has 2 heteroatoms. The van der Waals surface area contributed by atoms with Gasteiger partial charge in [0.25, 0.3) is 0 Å². The number of fused-ring (bicyclic) bond motifs is 2. The summed E-state index contributed by atoms with van der Waals surface area (Å²) in [4.78, 5) is 0. The van der Waals surface area contributed by atoms with Gasteiger partial charge in [-0.05, 0) is 80.8 Å². The van der Waals surface area contributed by atoms with E-state index in [-0.39, 0.29) is 0 Å². The monoisotopic (exact) mass is 275 g/mol. The smallest absolute Gasteiger partial charge is 0.0406 e. The molecule has 1 aromatic carbocycles. The van der Waals surface area contributed by atoms with Crippen molar-refractivity contribution >= 4 is 17.2 Å². The summed E-state index contributed by atoms with van der Waals surface area (Å²) >= 11 is 6.02. The van der Waals surface area contributed by atoms with E-state index in [4.69, 9.17) is 11.6 Å². The van der Waals surface area contributed by atoms with Crippen LogP contribution < -0.4 is 5.32 Å². The van der Waals surface area contributed by atoms with E-state index < -0.39 is 0 Å². The SMILES string of the molecule is CNCCC1=C(c2ccc(Cl)cc2)C2CCC1CC2. The Balaban J connectivity index is 1.99. The van der Waals surface area contributed by atoms with Gasteiger partial charge in [0.2, 0.25) is 0 Å². The summed E-state index contributed by atoms with van der Waals surface area (Å²) in [5.74, 6) is 1.63. The average molecular weight is 276 g/mol. The molecule has 1 nitrogen and oxygen atoms in total. The van der Waals surface area contributed by atoms with Crippen LogP contribution in [0.15, 0.2) is 29.8 Å². The molecular weight excluding hydrogens is 254 g/mol. The summed E-state index contributed by atoms with van der Waals surface area (Å²) in [6.45, 7) is 1.09. The number of allylic oxidation sites excluding steroid dienone is 1. The molecule has 0 atom stereocenters. The van der Waals surface area contributed by atoms with Crippen LogP contribution in [-0.2, 0) is 0 Å². The minimum atomic E-state index is 0.790. The molecule has 4 rings (SSSR count). The molecule has 3 aliphatic rings. The zero-order valence-electron chi connectivity index (χ0n) is 11.6. The highest BCUT2D eigenvalue weighted by molar-refractivity contribution is 6.30. The first-order valence-corrected chi connectivity index (χ1v) is 7.81. The lowest BCUT2D eigenvalue weighted by Crippen LogP contribution is -2.27. The molecular formula is C17H22ClN. The van der Waals surface area contributed by atoms with Gasteiger partial charge in [-0.2, -0.15) is 0 Å². The highest BCUT2D eigenvalue weighted by Gasteiger charge is 2.34. The van der Waals surface area contributed by atoms with Crippen molar-refractivity contribution in [3.05, 3.63) is 40.4 Å². The third-order valence-corrected chi connectivity index (χ3v) is 5.03. The van der Waals surface area contributed by atoms with Crippen LogP contribution in [-0.4, -0.2) is 13.6 Å². The first kappa shape index (κ1) is 13.2. The minimum Gasteiger partial charge on any atom is -0.319 e. The molecule has 0 saturated heterocycles. The van der Waals surface area contributed by atoms with E-state index in [1.807, 2.05) is 19.2 Å². The van der Waals surface area contributed by atoms with Crippen LogP contribution in [0.3, 0.4) is 0 Å². The quantitative estimate of drug-likeness (QED) is 0.852. The van der Waals surface area contributed by atoms with E-state index in [0.29, 0.717) is 0 Å². The number of nitrogens with one attached hydrogen (secondary N) is 1. The lowest BCUT2D eigenvalue weighted by atomic mass is 9.64. The van der Waals surface area contributed by atoms with Crippen molar-refractivity contribution in [2.24, 2.45) is 11.8 Å². The molecule has 1 N–H and O–H groups in total. The maximum absolute atomic E-state index is 6.02. The van der Waals surface area contributed by atoms with Crippen molar-refractivity contribution in [3.63, 3.8) is 0 Å². The predicted octanol–water partition coefficient (Wildman–Crippen LogP) is 4.52. The molecule has 3 aliphatic carbocycles. The van der Waals surface area contributed by atoms with E-state index >= 15 is 0 Å². The van der Waals surface area contributed by atoms with Gasteiger partial charge in [0, 0.05) is 5.02 Å². The van der Waals surface area contributed by atoms with Crippen LogP contribution in [0.4, 0.5) is 0 Å². The van der Waals surface area contributed by atoms with Crippen LogP contribution in [0.5, 0.6) is 0 Å². The number of benzene rings is 1. The zero-order valence-corrected chi connectivity index (χ0v) is 12.3. The second-order valence-corrected chi connectivity index (χ2v) is 6.28. The van der Waals surface area contributed by atoms with Gasteiger partial charge in [0.15, 0.2) is 0 Å². The molecule has 102 valence electrons. The Hall–Kier alpha value is -0.790. The van der Waals surface area contributed by atoms with Crippen molar-refractivity contribution in [1.29, 1.82) is 0 Å². The Kier molecular flexibility index (Phi) is 3.95. The zero-order chi connectivity index (χ0) is 13.2. The van der Waals surface area contributed by atoms with Crippen LogP contribution in [0.25, 0.3) is 5.57 Å². The van der Waals surface area contributed by atoms with E-state index in [2.05, 4.69) is 17.4 Å². The van der Waals surface area contributed by atoms with Gasteiger partial charge < -0.3 is 5.32 Å². The fourth-order valence-corrected chi connectivity index (χ4v) is 3.99. The highest BCUT2D eigenvalue weighted by atomic mass is 35.5. The van der Waals surface area contributed by atoms with Crippen molar-refractivity contribution < 1.29 is 0 Å². The van der Waals surface area contributed by atoms with Crippen molar-refractivity contribution in [3.8, 4) is 0 Å². The number of hydrogen-bond donors (Lipinski definition) is 1. The number of rotatable bonds is 4. The Labute approximate surface area is 121 Å². The summed E-state index contributed by atoms with van der Waals surface area (Å²) in [5.41, 5.74) is 4.78. The molecule has 0 unspecified atom stereocenters. The van der Waals surface area contributed by atoms with E-state index in [9.17, 15) is 0 Å². The van der Waals surface area contributed by atoms with Gasteiger partial charge in [-0.15, -0.1) is 0 Å². The second-order valence-electron chi connectivity index (χ2n) is 5.85. The topological polar surface area (TPSA) is 12.0 Å². The molecule has 0 aromatic heterocycles. The largest absolute Gasteiger partial charge is 0.319 e. The van der Waals surface area contributed by atoms with Gasteiger partial charge in [0.1, 0.15) is 0 Å². The molecule has 1 aromatic rings. The first-order chi connectivity index (χ1) is 9.29. The molecule has 0 aliphatic heterocycles. The lowest BCUT2D eigenvalue weighted by molar-refractivity contribution is 0.317. The van der Waals surface area contributed by atoms with Crippen molar-refractivity contribution in [2.75, 3.05) is 13.6 Å². The molecule has 1 saturated carbocycles. The van der Waals surface area contributed by atoms with Gasteiger partial charge in [0.05, 0.1) is 0 Å². The molecule has 0 radical (unpaired) electrons. The van der Waals surface area contributed by atoms with E-state index in [1.54, 1.807) is 11.1 Å². The Morgan fingerprint density at radius 1 is 1.05 bits per heavy atom. The Morgan fingerprint density at radius 2 is 1.68 bits per heavy atom. The fraction of sp³-hybridized carbons (Fsp3) is 0.529. The summed E-state index contributed by atoms with van der Waals surface area (Å²) in [6, 6.07) is 8.47. The van der Waals surface area contributed by atoms with Crippen LogP contribution in [0.2, 0.25) is 5.02 Å². The maximum Gasteiger partial charge on any atom is 0.0406 e. The summed E-state index contributed by atoms with van der Waals surface area (Å²) in [5, 5.41) is 4.14. The summed E-state index contributed by atoms with van der Waals surface area (Å²) < 4.78 is 0. The van der Waals surface area contributed by atoms with Gasteiger partial charge in [-0.3, -0.25) is 0 Å². The lowest BCUT2D eigenvalue weighted by Gasteiger charge is -2.41. The summed E-state index contributed by atoms with van der Waals surface area (Å²) in [7, 11) is 2.05. The predicted molar refractivity (Wildman–Crippen MR) is 82.4 cm³/mol. The molecule has 1 fully saturated rings. The third kappa shape index (κ3) is 2.59. The second kappa shape index (κ2) is 5.68. The molecule has 0 amide bonds. The van der Waals surface area contributed by atoms with Crippen molar-refractivity contribution in [2.45, 2.75) is 32.1 Å². The number of halogens is 1. The first-order valence-electron chi connectivity index (χ1n) is 7.43. The third-order valence-electron chi connectivity index (χ3n) is 4.77. The average Bonchev–Trinajstić information content (AvgIpc) is 2.47. The van der Waals surface area contributed by atoms with Gasteiger partial charge in [-0.1, -0.05) is 29.3 Å². The number of hydrogen-bond acceptors (Lipinski definition) is 1. The molecule has 0 heterocycles. The van der Waals surface area contributed by atoms with Crippen LogP contribution in [0, 0.1) is 11.8 Å².